The fourth-order valence-electron chi connectivity index (χ4n) is 1.23. The van der Waals surface area contributed by atoms with Crippen molar-refractivity contribution in [1.82, 2.24) is 5.32 Å². The molecule has 0 saturated heterocycles. The zero-order chi connectivity index (χ0) is 12.1. The number of hydrogen-bond acceptors (Lipinski definition) is 2. The number of carbonyl (C=O) groups excluding carboxylic acids is 1. The van der Waals surface area contributed by atoms with Crippen LogP contribution in [-0.4, -0.2) is 19.0 Å². The Hall–Kier alpha value is -1.20. The van der Waals surface area contributed by atoms with Gasteiger partial charge in [-0.2, -0.15) is 0 Å². The van der Waals surface area contributed by atoms with Gasteiger partial charge in [-0.05, 0) is 31.5 Å². The van der Waals surface area contributed by atoms with Gasteiger partial charge in [-0.1, -0.05) is 0 Å². The summed E-state index contributed by atoms with van der Waals surface area (Å²) >= 11 is 0. The van der Waals surface area contributed by atoms with Crippen molar-refractivity contribution in [2.75, 3.05) is 13.1 Å². The van der Waals surface area contributed by atoms with Gasteiger partial charge in [0.2, 0.25) is 0 Å². The van der Waals surface area contributed by atoms with E-state index in [4.69, 9.17) is 5.73 Å². The number of halogens is 3. The molecule has 0 atom stereocenters. The first kappa shape index (κ1) is 15.8. The van der Waals surface area contributed by atoms with Crippen molar-refractivity contribution in [3.63, 3.8) is 0 Å². The molecule has 3 nitrogen and oxygen atoms in total. The standard InChI is InChI=1S/C11H14F2N2O.ClH/c1-7-5-8(10(13)6-9(7)12)11(16)15-4-2-3-14;/h5-6H,2-4,14H2,1H3,(H,15,16);1H. The summed E-state index contributed by atoms with van der Waals surface area (Å²) < 4.78 is 26.2. The highest BCUT2D eigenvalue weighted by atomic mass is 35.5. The molecule has 0 radical (unpaired) electrons. The summed E-state index contributed by atoms with van der Waals surface area (Å²) in [5.74, 6) is -2.06. The van der Waals surface area contributed by atoms with Gasteiger partial charge in [0.05, 0.1) is 5.56 Å². The quantitative estimate of drug-likeness (QED) is 0.815. The molecule has 0 fully saturated rings. The van der Waals surface area contributed by atoms with Gasteiger partial charge in [-0.3, -0.25) is 4.79 Å². The topological polar surface area (TPSA) is 55.1 Å². The molecule has 0 aromatic heterocycles. The summed E-state index contributed by atoms with van der Waals surface area (Å²) in [7, 11) is 0. The van der Waals surface area contributed by atoms with Gasteiger partial charge in [0.25, 0.3) is 5.91 Å². The van der Waals surface area contributed by atoms with Crippen molar-refractivity contribution in [1.29, 1.82) is 0 Å². The molecule has 1 rings (SSSR count). The molecule has 96 valence electrons. The van der Waals surface area contributed by atoms with Crippen LogP contribution in [0.25, 0.3) is 0 Å². The van der Waals surface area contributed by atoms with Gasteiger partial charge < -0.3 is 11.1 Å². The number of carbonyl (C=O) groups is 1. The van der Waals surface area contributed by atoms with Crippen molar-refractivity contribution >= 4 is 18.3 Å². The lowest BCUT2D eigenvalue weighted by Crippen LogP contribution is -2.27. The lowest BCUT2D eigenvalue weighted by atomic mass is 10.1. The van der Waals surface area contributed by atoms with Gasteiger partial charge in [0, 0.05) is 12.6 Å². The Labute approximate surface area is 105 Å². The Morgan fingerprint density at radius 3 is 2.59 bits per heavy atom. The second kappa shape index (κ2) is 7.19. The van der Waals surface area contributed by atoms with Crippen LogP contribution in [0, 0.1) is 18.6 Å². The average Bonchev–Trinajstić information content (AvgIpc) is 2.23. The molecular weight excluding hydrogens is 250 g/mol. The van der Waals surface area contributed by atoms with Gasteiger partial charge in [0.1, 0.15) is 11.6 Å². The summed E-state index contributed by atoms with van der Waals surface area (Å²) in [5, 5.41) is 2.51. The Bertz CT molecular complexity index is 399. The molecule has 1 amide bonds. The molecule has 6 heteroatoms. The summed E-state index contributed by atoms with van der Waals surface area (Å²) in [6.07, 6.45) is 0.619. The van der Waals surface area contributed by atoms with Crippen LogP contribution in [-0.2, 0) is 0 Å². The van der Waals surface area contributed by atoms with Gasteiger partial charge in [-0.25, -0.2) is 8.78 Å². The maximum absolute atomic E-state index is 13.3. The zero-order valence-electron chi connectivity index (χ0n) is 9.43. The van der Waals surface area contributed by atoms with Crippen molar-refractivity contribution in [3.05, 3.63) is 34.9 Å². The highest BCUT2D eigenvalue weighted by Gasteiger charge is 2.13. The largest absolute Gasteiger partial charge is 0.352 e. The van der Waals surface area contributed by atoms with E-state index >= 15 is 0 Å². The van der Waals surface area contributed by atoms with E-state index in [1.165, 1.54) is 13.0 Å². The molecule has 1 aromatic carbocycles. The van der Waals surface area contributed by atoms with E-state index in [0.29, 0.717) is 25.6 Å². The summed E-state index contributed by atoms with van der Waals surface area (Å²) in [6, 6.07) is 1.91. The lowest BCUT2D eigenvalue weighted by molar-refractivity contribution is 0.0949. The van der Waals surface area contributed by atoms with Crippen LogP contribution >= 0.6 is 12.4 Å². The highest BCUT2D eigenvalue weighted by molar-refractivity contribution is 5.94. The third-order valence-electron chi connectivity index (χ3n) is 2.16. The van der Waals surface area contributed by atoms with Crippen molar-refractivity contribution < 1.29 is 13.6 Å². The van der Waals surface area contributed by atoms with Crippen LogP contribution in [0.15, 0.2) is 12.1 Å². The van der Waals surface area contributed by atoms with E-state index in [9.17, 15) is 13.6 Å². The minimum atomic E-state index is -0.853. The summed E-state index contributed by atoms with van der Waals surface area (Å²) in [6.45, 7) is 2.31. The third-order valence-corrected chi connectivity index (χ3v) is 2.16. The van der Waals surface area contributed by atoms with Crippen LogP contribution in [0.4, 0.5) is 8.78 Å². The highest BCUT2D eigenvalue weighted by Crippen LogP contribution is 2.13. The Kier molecular flexibility index (Phi) is 6.68. The normalized spacial score (nSPS) is 9.65. The number of amides is 1. The molecular formula is C11H15ClF2N2O. The maximum Gasteiger partial charge on any atom is 0.254 e. The summed E-state index contributed by atoms with van der Waals surface area (Å²) in [5.41, 5.74) is 5.35. The van der Waals surface area contributed by atoms with Crippen LogP contribution in [0.5, 0.6) is 0 Å². The van der Waals surface area contributed by atoms with Crippen molar-refractivity contribution in [2.24, 2.45) is 5.73 Å². The smallest absolute Gasteiger partial charge is 0.254 e. The van der Waals surface area contributed by atoms with E-state index in [1.54, 1.807) is 0 Å². The number of rotatable bonds is 4. The molecule has 17 heavy (non-hydrogen) atoms. The first-order chi connectivity index (χ1) is 7.56. The molecule has 0 aliphatic rings. The molecule has 3 N–H and O–H groups in total. The average molecular weight is 265 g/mol. The van der Waals surface area contributed by atoms with Gasteiger partial charge in [-0.15, -0.1) is 12.4 Å². The van der Waals surface area contributed by atoms with E-state index < -0.39 is 17.5 Å². The summed E-state index contributed by atoms with van der Waals surface area (Å²) in [4.78, 5) is 11.5. The van der Waals surface area contributed by atoms with E-state index in [-0.39, 0.29) is 23.5 Å². The number of aryl methyl sites for hydroxylation is 1. The molecule has 0 aliphatic carbocycles. The Morgan fingerprint density at radius 2 is 2.00 bits per heavy atom. The van der Waals surface area contributed by atoms with E-state index in [2.05, 4.69) is 5.32 Å². The molecule has 0 heterocycles. The minimum absolute atomic E-state index is 0. The fourth-order valence-corrected chi connectivity index (χ4v) is 1.23. The number of benzene rings is 1. The van der Waals surface area contributed by atoms with Crippen LogP contribution in [0.2, 0.25) is 0 Å². The second-order valence-electron chi connectivity index (χ2n) is 3.48. The van der Waals surface area contributed by atoms with Crippen LogP contribution in [0.3, 0.4) is 0 Å². The van der Waals surface area contributed by atoms with Crippen molar-refractivity contribution in [3.8, 4) is 0 Å². The Morgan fingerprint density at radius 1 is 1.35 bits per heavy atom. The third kappa shape index (κ3) is 4.28. The van der Waals surface area contributed by atoms with E-state index in [0.717, 1.165) is 0 Å². The Balaban J connectivity index is 0.00000256. The molecule has 0 spiro atoms. The van der Waals surface area contributed by atoms with Crippen LogP contribution < -0.4 is 11.1 Å². The zero-order valence-corrected chi connectivity index (χ0v) is 10.2. The minimum Gasteiger partial charge on any atom is -0.352 e. The first-order valence-electron chi connectivity index (χ1n) is 5.00. The second-order valence-corrected chi connectivity index (χ2v) is 3.48. The fraction of sp³-hybridized carbons (Fsp3) is 0.364. The lowest BCUT2D eigenvalue weighted by Gasteiger charge is -2.06. The van der Waals surface area contributed by atoms with Gasteiger partial charge in [0.15, 0.2) is 0 Å². The number of nitrogens with two attached hydrogens (primary N) is 1. The van der Waals surface area contributed by atoms with Crippen LogP contribution in [0.1, 0.15) is 22.3 Å². The predicted octanol–water partition coefficient (Wildman–Crippen LogP) is 1.77. The van der Waals surface area contributed by atoms with Crippen molar-refractivity contribution in [2.45, 2.75) is 13.3 Å². The molecule has 0 saturated carbocycles. The molecule has 0 aliphatic heterocycles. The maximum atomic E-state index is 13.3. The monoisotopic (exact) mass is 264 g/mol. The van der Waals surface area contributed by atoms with E-state index in [1.807, 2.05) is 0 Å². The first-order valence-corrected chi connectivity index (χ1v) is 5.00. The number of nitrogens with one attached hydrogen (secondary N) is 1. The SMILES string of the molecule is Cc1cc(C(=O)NCCCN)c(F)cc1F.Cl. The van der Waals surface area contributed by atoms with Gasteiger partial charge >= 0.3 is 0 Å². The molecule has 0 unspecified atom stereocenters. The number of hydrogen-bond donors (Lipinski definition) is 2. The molecule has 1 aromatic rings. The predicted molar refractivity (Wildman–Crippen MR) is 64.3 cm³/mol. The molecule has 0 bridgehead atoms.